The van der Waals surface area contributed by atoms with Gasteiger partial charge < -0.3 is 15.0 Å². The Balaban J connectivity index is 1.41. The molecule has 1 aliphatic heterocycles. The summed E-state index contributed by atoms with van der Waals surface area (Å²) in [4.78, 5) is 21.7. The molecule has 1 atom stereocenters. The number of ketones is 1. The van der Waals surface area contributed by atoms with Gasteiger partial charge in [-0.25, -0.2) is 4.98 Å². The molecule has 0 radical (unpaired) electrons. The highest BCUT2D eigenvalue weighted by Crippen LogP contribution is 2.27. The number of aromatic nitrogens is 2. The smallest absolute Gasteiger partial charge is 0.193 e. The minimum Gasteiger partial charge on any atom is -0.486 e. The Labute approximate surface area is 210 Å². The van der Waals surface area contributed by atoms with Crippen molar-refractivity contribution >= 4 is 28.4 Å². The van der Waals surface area contributed by atoms with Crippen LogP contribution in [-0.4, -0.2) is 28.8 Å². The molecule has 1 saturated heterocycles. The van der Waals surface area contributed by atoms with Crippen molar-refractivity contribution in [1.82, 2.24) is 15.3 Å². The number of fused-ring (bicyclic) bond motifs is 1. The van der Waals surface area contributed by atoms with E-state index in [1.807, 2.05) is 54.6 Å². The van der Waals surface area contributed by atoms with Gasteiger partial charge >= 0.3 is 0 Å². The number of aromatic amines is 1. The molecule has 1 aromatic heterocycles. The number of nitrogens with zero attached hydrogens (tertiary/aromatic N) is 1. The van der Waals surface area contributed by atoms with Crippen LogP contribution in [0.4, 0.5) is 0 Å². The molecular formula is C29H30ClN3O2. The van der Waals surface area contributed by atoms with Gasteiger partial charge in [-0.05, 0) is 93.1 Å². The predicted molar refractivity (Wildman–Crippen MR) is 140 cm³/mol. The molecule has 5 nitrogen and oxygen atoms in total. The number of carbonyl (C=O) groups excluding carboxylic acids is 1. The fraction of sp³-hybridized carbons (Fsp3) is 0.310. The van der Waals surface area contributed by atoms with Gasteiger partial charge in [-0.15, -0.1) is 0 Å². The summed E-state index contributed by atoms with van der Waals surface area (Å²) in [5, 5.41) is 4.18. The van der Waals surface area contributed by atoms with Crippen LogP contribution in [0.1, 0.15) is 53.0 Å². The summed E-state index contributed by atoms with van der Waals surface area (Å²) in [5.41, 5.74) is 4.25. The van der Waals surface area contributed by atoms with Crippen LogP contribution in [0.3, 0.4) is 0 Å². The summed E-state index contributed by atoms with van der Waals surface area (Å²) >= 11 is 5.97. The highest BCUT2D eigenvalue weighted by atomic mass is 35.5. The van der Waals surface area contributed by atoms with E-state index in [1.165, 1.54) is 12.8 Å². The van der Waals surface area contributed by atoms with Gasteiger partial charge in [0.25, 0.3) is 0 Å². The van der Waals surface area contributed by atoms with Gasteiger partial charge in [0.15, 0.2) is 5.78 Å². The van der Waals surface area contributed by atoms with Crippen LogP contribution in [0, 0.1) is 5.92 Å². The van der Waals surface area contributed by atoms with Gasteiger partial charge in [0.05, 0.1) is 11.0 Å². The van der Waals surface area contributed by atoms with Crippen molar-refractivity contribution in [3.8, 4) is 5.75 Å². The molecule has 4 aromatic rings. The van der Waals surface area contributed by atoms with E-state index >= 15 is 0 Å². The summed E-state index contributed by atoms with van der Waals surface area (Å²) in [6.07, 6.45) is 5.53. The Bertz CT molecular complexity index is 1280. The Morgan fingerprint density at radius 2 is 1.89 bits per heavy atom. The van der Waals surface area contributed by atoms with Crippen molar-refractivity contribution in [3.05, 3.63) is 94.3 Å². The van der Waals surface area contributed by atoms with Crippen LogP contribution in [0.25, 0.3) is 11.0 Å². The topological polar surface area (TPSA) is 67.0 Å². The molecule has 2 heterocycles. The van der Waals surface area contributed by atoms with E-state index in [0.717, 1.165) is 66.1 Å². The average molecular weight is 488 g/mol. The first-order valence-electron chi connectivity index (χ1n) is 12.4. The van der Waals surface area contributed by atoms with Crippen LogP contribution >= 0.6 is 11.6 Å². The Kier molecular flexibility index (Phi) is 7.45. The molecule has 0 spiro atoms. The Hall–Kier alpha value is -3.15. The predicted octanol–water partition coefficient (Wildman–Crippen LogP) is 6.35. The maximum atomic E-state index is 13.4. The Morgan fingerprint density at radius 3 is 2.66 bits per heavy atom. The molecule has 0 aliphatic carbocycles. The van der Waals surface area contributed by atoms with Crippen LogP contribution in [0.2, 0.25) is 5.02 Å². The third-order valence-corrected chi connectivity index (χ3v) is 6.97. The lowest BCUT2D eigenvalue weighted by Crippen LogP contribution is -2.29. The quantitative estimate of drug-likeness (QED) is 0.270. The van der Waals surface area contributed by atoms with Gasteiger partial charge in [0.1, 0.15) is 18.2 Å². The zero-order valence-corrected chi connectivity index (χ0v) is 20.5. The minimum absolute atomic E-state index is 0.0452. The summed E-state index contributed by atoms with van der Waals surface area (Å²) in [5.74, 6) is 2.22. The summed E-state index contributed by atoms with van der Waals surface area (Å²) in [7, 11) is 0. The number of hydrogen-bond acceptors (Lipinski definition) is 4. The van der Waals surface area contributed by atoms with Gasteiger partial charge in [-0.1, -0.05) is 41.9 Å². The first-order valence-corrected chi connectivity index (χ1v) is 12.7. The zero-order chi connectivity index (χ0) is 24.0. The van der Waals surface area contributed by atoms with Gasteiger partial charge in [-0.3, -0.25) is 4.79 Å². The largest absolute Gasteiger partial charge is 0.486 e. The standard InChI is InChI=1S/C29H30ClN3O2/c30-22-11-13-23(14-12-22)35-19-27-32-26-16-15-25(29(34)21-8-2-1-3-9-21)24(28(26)33-27)10-4-6-20-7-5-17-31-18-20/h1-3,8-9,11-16,20,31H,4-7,10,17-19H2,(H,32,33). The Morgan fingerprint density at radius 1 is 1.06 bits per heavy atom. The molecule has 5 rings (SSSR count). The van der Waals surface area contributed by atoms with E-state index in [-0.39, 0.29) is 5.78 Å². The average Bonchev–Trinajstić information content (AvgIpc) is 3.33. The summed E-state index contributed by atoms with van der Waals surface area (Å²) in [6.45, 7) is 2.53. The molecule has 180 valence electrons. The molecule has 0 bridgehead atoms. The third-order valence-electron chi connectivity index (χ3n) is 6.72. The molecule has 1 fully saturated rings. The summed E-state index contributed by atoms with van der Waals surface area (Å²) in [6, 6.07) is 20.7. The second kappa shape index (κ2) is 11.1. The van der Waals surface area contributed by atoms with E-state index in [4.69, 9.17) is 21.3 Å². The first-order chi connectivity index (χ1) is 17.2. The normalized spacial score (nSPS) is 15.9. The number of hydrogen-bond donors (Lipinski definition) is 2. The van der Waals surface area contributed by atoms with Crippen LogP contribution in [0.15, 0.2) is 66.7 Å². The molecule has 0 saturated carbocycles. The van der Waals surface area contributed by atoms with Crippen LogP contribution < -0.4 is 10.1 Å². The van der Waals surface area contributed by atoms with E-state index in [1.54, 1.807) is 12.1 Å². The number of benzene rings is 3. The van der Waals surface area contributed by atoms with Crippen molar-refractivity contribution in [3.63, 3.8) is 0 Å². The number of ether oxygens (including phenoxy) is 1. The maximum Gasteiger partial charge on any atom is 0.193 e. The monoisotopic (exact) mass is 487 g/mol. The second-order valence-corrected chi connectivity index (χ2v) is 9.65. The molecule has 1 aliphatic rings. The van der Waals surface area contributed by atoms with E-state index in [0.29, 0.717) is 23.1 Å². The number of H-pyrrole nitrogens is 1. The van der Waals surface area contributed by atoms with E-state index in [2.05, 4.69) is 10.3 Å². The molecule has 1 unspecified atom stereocenters. The van der Waals surface area contributed by atoms with E-state index in [9.17, 15) is 4.79 Å². The molecular weight excluding hydrogens is 458 g/mol. The fourth-order valence-electron chi connectivity index (χ4n) is 4.88. The number of nitrogens with one attached hydrogen (secondary N) is 2. The van der Waals surface area contributed by atoms with Gasteiger partial charge in [0, 0.05) is 16.1 Å². The van der Waals surface area contributed by atoms with Crippen molar-refractivity contribution in [2.45, 2.75) is 38.7 Å². The molecule has 6 heteroatoms. The number of piperidine rings is 1. The maximum absolute atomic E-state index is 13.4. The lowest BCUT2D eigenvalue weighted by Gasteiger charge is -2.22. The molecule has 3 aromatic carbocycles. The lowest BCUT2D eigenvalue weighted by molar-refractivity contribution is 0.103. The minimum atomic E-state index is 0.0452. The number of halogens is 1. The third kappa shape index (κ3) is 5.75. The van der Waals surface area contributed by atoms with Gasteiger partial charge in [0.2, 0.25) is 0 Å². The number of imidazole rings is 1. The van der Waals surface area contributed by atoms with Crippen molar-refractivity contribution in [1.29, 1.82) is 0 Å². The summed E-state index contributed by atoms with van der Waals surface area (Å²) < 4.78 is 5.90. The number of rotatable bonds is 9. The SMILES string of the molecule is O=C(c1ccccc1)c1ccc2[nH]c(COc3ccc(Cl)cc3)nc2c1CCCC1CCCNC1. The lowest BCUT2D eigenvalue weighted by atomic mass is 9.90. The highest BCUT2D eigenvalue weighted by Gasteiger charge is 2.20. The first kappa shape index (κ1) is 23.6. The molecule has 2 N–H and O–H groups in total. The van der Waals surface area contributed by atoms with Crippen molar-refractivity contribution < 1.29 is 9.53 Å². The van der Waals surface area contributed by atoms with Crippen LogP contribution in [-0.2, 0) is 13.0 Å². The number of aryl methyl sites for hydroxylation is 1. The van der Waals surface area contributed by atoms with Gasteiger partial charge in [-0.2, -0.15) is 0 Å². The molecule has 35 heavy (non-hydrogen) atoms. The van der Waals surface area contributed by atoms with Crippen molar-refractivity contribution in [2.24, 2.45) is 5.92 Å². The second-order valence-electron chi connectivity index (χ2n) is 9.21. The van der Waals surface area contributed by atoms with Crippen LogP contribution in [0.5, 0.6) is 5.75 Å². The zero-order valence-electron chi connectivity index (χ0n) is 19.7. The number of carbonyl (C=O) groups is 1. The molecule has 0 amide bonds. The fourth-order valence-corrected chi connectivity index (χ4v) is 5.01. The van der Waals surface area contributed by atoms with Crippen molar-refractivity contribution in [2.75, 3.05) is 13.1 Å². The highest BCUT2D eigenvalue weighted by molar-refractivity contribution is 6.30. The van der Waals surface area contributed by atoms with E-state index < -0.39 is 0 Å².